The van der Waals surface area contributed by atoms with E-state index in [4.69, 9.17) is 19.4 Å². The summed E-state index contributed by atoms with van der Waals surface area (Å²) < 4.78 is 11.6. The number of aromatic nitrogens is 3. The molecule has 5 heterocycles. The molecular weight excluding hydrogens is 406 g/mol. The van der Waals surface area contributed by atoms with E-state index < -0.39 is 5.79 Å². The fourth-order valence-electron chi connectivity index (χ4n) is 5.27. The van der Waals surface area contributed by atoms with Gasteiger partial charge >= 0.3 is 0 Å². The average molecular weight is 440 g/mol. The number of hydrogen-bond donors (Lipinski definition) is 0. The summed E-state index contributed by atoms with van der Waals surface area (Å²) in [5.41, 5.74) is 4.64. The zero-order valence-corrected chi connectivity index (χ0v) is 19.2. The molecule has 3 aliphatic rings. The first-order valence-corrected chi connectivity index (χ1v) is 12.1. The predicted molar refractivity (Wildman–Crippen MR) is 121 cm³/mol. The molecule has 0 radical (unpaired) electrons. The van der Waals surface area contributed by atoms with E-state index in [0.717, 1.165) is 74.2 Å². The standard InChI is InChI=1S/C24H33N5O3/c1-3-19-20(4-2)27-22-21(26-19)14-18(15-25-22)29-9-5-6-17(16-29)23(30)28-10-7-24(8-11-28)31-12-13-32-24/h14-15,17H,3-13,16H2,1-2H3/t17-/m0/s1. The molecule has 1 spiro atoms. The molecule has 2 aromatic heterocycles. The van der Waals surface area contributed by atoms with Crippen molar-refractivity contribution in [2.24, 2.45) is 5.92 Å². The Morgan fingerprint density at radius 1 is 1.09 bits per heavy atom. The highest BCUT2D eigenvalue weighted by molar-refractivity contribution is 5.80. The first-order valence-electron chi connectivity index (χ1n) is 12.1. The highest BCUT2D eigenvalue weighted by atomic mass is 16.7. The van der Waals surface area contributed by atoms with Crippen LogP contribution in [0.25, 0.3) is 11.2 Å². The third kappa shape index (κ3) is 4.06. The van der Waals surface area contributed by atoms with Crippen LogP contribution in [-0.4, -0.2) is 70.9 Å². The molecule has 8 nitrogen and oxygen atoms in total. The predicted octanol–water partition coefficient (Wildman–Crippen LogP) is 2.73. The quantitative estimate of drug-likeness (QED) is 0.725. The molecule has 1 amide bonds. The summed E-state index contributed by atoms with van der Waals surface area (Å²) in [6.07, 6.45) is 7.08. The lowest BCUT2D eigenvalue weighted by atomic mass is 9.94. The summed E-state index contributed by atoms with van der Waals surface area (Å²) in [6.45, 7) is 8.61. The van der Waals surface area contributed by atoms with Gasteiger partial charge in [0.15, 0.2) is 11.4 Å². The average Bonchev–Trinajstić information content (AvgIpc) is 3.30. The van der Waals surface area contributed by atoms with Gasteiger partial charge in [-0.05, 0) is 31.7 Å². The lowest BCUT2D eigenvalue weighted by molar-refractivity contribution is -0.188. The second kappa shape index (κ2) is 8.90. The van der Waals surface area contributed by atoms with Crippen molar-refractivity contribution in [3.63, 3.8) is 0 Å². The second-order valence-corrected chi connectivity index (χ2v) is 9.08. The number of hydrogen-bond acceptors (Lipinski definition) is 7. The molecule has 0 unspecified atom stereocenters. The number of anilines is 1. The van der Waals surface area contributed by atoms with E-state index in [0.29, 0.717) is 32.0 Å². The normalized spacial score (nSPS) is 23.2. The molecule has 3 saturated heterocycles. The van der Waals surface area contributed by atoms with Crippen LogP contribution in [0, 0.1) is 5.92 Å². The molecule has 2 aromatic rings. The summed E-state index contributed by atoms with van der Waals surface area (Å²) >= 11 is 0. The van der Waals surface area contributed by atoms with Gasteiger partial charge < -0.3 is 19.3 Å². The third-order valence-electron chi connectivity index (χ3n) is 7.12. The van der Waals surface area contributed by atoms with E-state index in [1.807, 2.05) is 11.1 Å². The number of fused-ring (bicyclic) bond motifs is 1. The van der Waals surface area contributed by atoms with Crippen LogP contribution in [0.1, 0.15) is 50.9 Å². The third-order valence-corrected chi connectivity index (χ3v) is 7.12. The van der Waals surface area contributed by atoms with Crippen LogP contribution in [-0.2, 0) is 27.1 Å². The van der Waals surface area contributed by atoms with E-state index in [1.54, 1.807) is 0 Å². The molecule has 0 saturated carbocycles. The van der Waals surface area contributed by atoms with Gasteiger partial charge in [-0.25, -0.2) is 15.0 Å². The lowest BCUT2D eigenvalue weighted by Gasteiger charge is -2.41. The Morgan fingerprint density at radius 3 is 2.53 bits per heavy atom. The van der Waals surface area contributed by atoms with Crippen LogP contribution >= 0.6 is 0 Å². The minimum Gasteiger partial charge on any atom is -0.369 e. The van der Waals surface area contributed by atoms with Gasteiger partial charge in [-0.15, -0.1) is 0 Å². The number of pyridine rings is 1. The number of rotatable bonds is 4. The minimum absolute atomic E-state index is 0.0127. The molecule has 0 aliphatic carbocycles. The fraction of sp³-hybridized carbons (Fsp3) is 0.667. The van der Waals surface area contributed by atoms with Gasteiger partial charge in [0.2, 0.25) is 5.91 Å². The Kier molecular flexibility index (Phi) is 5.99. The number of nitrogens with zero attached hydrogens (tertiary/aromatic N) is 5. The van der Waals surface area contributed by atoms with Crippen molar-refractivity contribution >= 4 is 22.8 Å². The van der Waals surface area contributed by atoms with Gasteiger partial charge in [-0.1, -0.05) is 13.8 Å². The first-order chi connectivity index (χ1) is 15.6. The molecule has 8 heteroatoms. The number of aryl methyl sites for hydroxylation is 2. The summed E-state index contributed by atoms with van der Waals surface area (Å²) in [6, 6.07) is 2.08. The molecular formula is C24H33N5O3. The summed E-state index contributed by atoms with van der Waals surface area (Å²) in [5, 5.41) is 0. The Morgan fingerprint density at radius 2 is 1.81 bits per heavy atom. The summed E-state index contributed by atoms with van der Waals surface area (Å²) in [4.78, 5) is 31.7. The summed E-state index contributed by atoms with van der Waals surface area (Å²) in [5.74, 6) is -0.169. The van der Waals surface area contributed by atoms with Crippen LogP contribution in [0.15, 0.2) is 12.3 Å². The van der Waals surface area contributed by atoms with Crippen LogP contribution in [0.2, 0.25) is 0 Å². The number of likely N-dealkylation sites (tertiary alicyclic amines) is 1. The monoisotopic (exact) mass is 439 g/mol. The topological polar surface area (TPSA) is 80.7 Å². The van der Waals surface area contributed by atoms with Crippen molar-refractivity contribution in [1.82, 2.24) is 19.9 Å². The SMILES string of the molecule is CCc1nc2cc(N3CCC[C@H](C(=O)N4CCC5(CC4)OCCO5)C3)cnc2nc1CC. The van der Waals surface area contributed by atoms with Crippen molar-refractivity contribution in [2.45, 2.75) is 58.2 Å². The van der Waals surface area contributed by atoms with Crippen molar-refractivity contribution in [3.05, 3.63) is 23.7 Å². The maximum atomic E-state index is 13.3. The van der Waals surface area contributed by atoms with E-state index in [9.17, 15) is 4.79 Å². The smallest absolute Gasteiger partial charge is 0.227 e. The maximum Gasteiger partial charge on any atom is 0.227 e. The highest BCUT2D eigenvalue weighted by Crippen LogP contribution is 2.33. The minimum atomic E-state index is -0.442. The molecule has 3 aliphatic heterocycles. The van der Waals surface area contributed by atoms with Gasteiger partial charge in [-0.2, -0.15) is 0 Å². The molecule has 1 atom stereocenters. The number of ether oxygens (including phenoxy) is 2. The molecule has 172 valence electrons. The van der Waals surface area contributed by atoms with E-state index in [1.165, 1.54) is 0 Å². The maximum absolute atomic E-state index is 13.3. The Labute approximate surface area is 189 Å². The van der Waals surface area contributed by atoms with Gasteiger partial charge in [0.25, 0.3) is 0 Å². The number of amides is 1. The number of piperidine rings is 2. The first kappa shape index (κ1) is 21.5. The van der Waals surface area contributed by atoms with Gasteiger partial charge in [0, 0.05) is 39.0 Å². The molecule has 5 rings (SSSR count). The number of carbonyl (C=O) groups excluding carboxylic acids is 1. The van der Waals surface area contributed by atoms with Gasteiger partial charge in [0.1, 0.15) is 5.52 Å². The van der Waals surface area contributed by atoms with Gasteiger partial charge in [-0.3, -0.25) is 4.79 Å². The molecule has 3 fully saturated rings. The highest BCUT2D eigenvalue weighted by Gasteiger charge is 2.42. The zero-order chi connectivity index (χ0) is 22.1. The molecule has 32 heavy (non-hydrogen) atoms. The largest absolute Gasteiger partial charge is 0.369 e. The van der Waals surface area contributed by atoms with Crippen molar-refractivity contribution in [3.8, 4) is 0 Å². The van der Waals surface area contributed by atoms with Crippen molar-refractivity contribution in [1.29, 1.82) is 0 Å². The molecule has 0 aromatic carbocycles. The Hall–Kier alpha value is -2.32. The lowest BCUT2D eigenvalue weighted by Crippen LogP contribution is -2.51. The van der Waals surface area contributed by atoms with E-state index >= 15 is 0 Å². The zero-order valence-electron chi connectivity index (χ0n) is 19.2. The molecule has 0 bridgehead atoms. The van der Waals surface area contributed by atoms with E-state index in [-0.39, 0.29) is 11.8 Å². The number of carbonyl (C=O) groups is 1. The molecule has 0 N–H and O–H groups in total. The van der Waals surface area contributed by atoms with Crippen LogP contribution in [0.5, 0.6) is 0 Å². The fourth-order valence-corrected chi connectivity index (χ4v) is 5.27. The van der Waals surface area contributed by atoms with Crippen molar-refractivity contribution < 1.29 is 14.3 Å². The Bertz CT molecular complexity index is 981. The van der Waals surface area contributed by atoms with Crippen LogP contribution in [0.4, 0.5) is 5.69 Å². The van der Waals surface area contributed by atoms with Crippen LogP contribution < -0.4 is 4.90 Å². The van der Waals surface area contributed by atoms with E-state index in [2.05, 4.69) is 29.8 Å². The van der Waals surface area contributed by atoms with Gasteiger partial charge in [0.05, 0.1) is 42.4 Å². The van der Waals surface area contributed by atoms with Crippen molar-refractivity contribution in [2.75, 3.05) is 44.3 Å². The Balaban J connectivity index is 1.28. The summed E-state index contributed by atoms with van der Waals surface area (Å²) in [7, 11) is 0. The second-order valence-electron chi connectivity index (χ2n) is 9.08. The van der Waals surface area contributed by atoms with Crippen LogP contribution in [0.3, 0.4) is 0 Å².